The van der Waals surface area contributed by atoms with Gasteiger partial charge in [0, 0.05) is 24.2 Å². The summed E-state index contributed by atoms with van der Waals surface area (Å²) >= 11 is 0. The number of carbonyl (C=O) groups excluding carboxylic acids is 2. The molecule has 1 aliphatic heterocycles. The average molecular weight is 416 g/mol. The van der Waals surface area contributed by atoms with Crippen molar-refractivity contribution in [3.63, 3.8) is 0 Å². The Morgan fingerprint density at radius 2 is 1.68 bits per heavy atom. The number of aromatic nitrogens is 3. The molecule has 2 amide bonds. The van der Waals surface area contributed by atoms with Gasteiger partial charge < -0.3 is 5.11 Å². The Morgan fingerprint density at radius 1 is 1.00 bits per heavy atom. The number of nitrogens with zero attached hydrogens (tertiary/aromatic N) is 4. The Morgan fingerprint density at radius 3 is 2.32 bits per heavy atom. The lowest BCUT2D eigenvalue weighted by Gasteiger charge is -2.15. The van der Waals surface area contributed by atoms with Crippen LogP contribution in [0.2, 0.25) is 0 Å². The highest BCUT2D eigenvalue weighted by atomic mass is 16.3. The molecule has 0 radical (unpaired) electrons. The Bertz CT molecular complexity index is 1180. The van der Waals surface area contributed by atoms with E-state index >= 15 is 0 Å². The second kappa shape index (κ2) is 8.18. The summed E-state index contributed by atoms with van der Waals surface area (Å²) in [5, 5.41) is 17.7. The van der Waals surface area contributed by atoms with Gasteiger partial charge in [0.05, 0.1) is 11.4 Å². The quantitative estimate of drug-likeness (QED) is 0.456. The van der Waals surface area contributed by atoms with Crippen molar-refractivity contribution in [3.05, 3.63) is 71.7 Å². The van der Waals surface area contributed by atoms with Crippen LogP contribution in [0.5, 0.6) is 5.88 Å². The highest BCUT2D eigenvalue weighted by Gasteiger charge is 2.46. The van der Waals surface area contributed by atoms with E-state index in [1.54, 1.807) is 36.0 Å². The average Bonchev–Trinajstić information content (AvgIpc) is 3.19. The molecule has 0 saturated carbocycles. The van der Waals surface area contributed by atoms with Crippen LogP contribution >= 0.6 is 0 Å². The summed E-state index contributed by atoms with van der Waals surface area (Å²) in [6, 6.07) is 12.7. The van der Waals surface area contributed by atoms with Gasteiger partial charge in [0.25, 0.3) is 11.6 Å². The van der Waals surface area contributed by atoms with Crippen LogP contribution < -0.4 is 9.67 Å². The first-order valence-corrected chi connectivity index (χ1v) is 10.3. The molecule has 0 aliphatic carbocycles. The van der Waals surface area contributed by atoms with Gasteiger partial charge in [0.2, 0.25) is 0 Å². The van der Waals surface area contributed by atoms with E-state index in [0.29, 0.717) is 24.3 Å². The molecule has 3 heterocycles. The molecule has 0 fully saturated rings. The van der Waals surface area contributed by atoms with E-state index in [1.165, 1.54) is 9.58 Å². The predicted molar refractivity (Wildman–Crippen MR) is 114 cm³/mol. The number of amides is 2. The van der Waals surface area contributed by atoms with Gasteiger partial charge >= 0.3 is 5.91 Å². The summed E-state index contributed by atoms with van der Waals surface area (Å²) in [6.07, 6.45) is 5.02. The Labute approximate surface area is 180 Å². The van der Waals surface area contributed by atoms with Crippen molar-refractivity contribution in [2.24, 2.45) is 0 Å². The van der Waals surface area contributed by atoms with Crippen LogP contribution in [-0.2, 0) is 9.59 Å². The van der Waals surface area contributed by atoms with Gasteiger partial charge in [0.1, 0.15) is 5.57 Å². The minimum absolute atomic E-state index is 0.111. The van der Waals surface area contributed by atoms with E-state index in [4.69, 9.17) is 0 Å². The molecule has 3 aromatic rings. The van der Waals surface area contributed by atoms with Gasteiger partial charge in [0.15, 0.2) is 12.4 Å². The van der Waals surface area contributed by atoms with Gasteiger partial charge in [-0.2, -0.15) is 9.67 Å². The molecule has 0 bridgehead atoms. The van der Waals surface area contributed by atoms with Crippen LogP contribution in [0.3, 0.4) is 0 Å². The van der Waals surface area contributed by atoms with Crippen LogP contribution in [0, 0.1) is 13.8 Å². The third-order valence-corrected chi connectivity index (χ3v) is 5.40. The molecule has 0 atom stereocenters. The second-order valence-electron chi connectivity index (χ2n) is 7.63. The zero-order valence-electron chi connectivity index (χ0n) is 17.8. The van der Waals surface area contributed by atoms with Crippen molar-refractivity contribution in [2.45, 2.75) is 33.6 Å². The first-order chi connectivity index (χ1) is 14.9. The topological polar surface area (TPSA) is 82.1 Å². The molecule has 0 spiro atoms. The number of rotatable bonds is 6. The zero-order chi connectivity index (χ0) is 22.1. The maximum atomic E-state index is 13.4. The zero-order valence-corrected chi connectivity index (χ0v) is 17.8. The van der Waals surface area contributed by atoms with Crippen LogP contribution in [-0.4, -0.2) is 33.0 Å². The molecular formula is C24H24N4O3. The molecular weight excluding hydrogens is 392 g/mol. The van der Waals surface area contributed by atoms with E-state index in [9.17, 15) is 14.7 Å². The summed E-state index contributed by atoms with van der Waals surface area (Å²) in [7, 11) is 0. The summed E-state index contributed by atoms with van der Waals surface area (Å²) in [5.74, 6) is -1.26. The minimum atomic E-state index is -0.450. The number of aryl methyl sites for hydroxylation is 2. The molecule has 0 saturated heterocycles. The van der Waals surface area contributed by atoms with E-state index in [0.717, 1.165) is 12.0 Å². The highest BCUT2D eigenvalue weighted by molar-refractivity contribution is 6.44. The predicted octanol–water partition coefficient (Wildman–Crippen LogP) is 2.39. The van der Waals surface area contributed by atoms with Crippen molar-refractivity contribution in [3.8, 4) is 11.6 Å². The molecule has 4 rings (SSSR count). The molecule has 1 aromatic carbocycles. The van der Waals surface area contributed by atoms with Crippen molar-refractivity contribution >= 4 is 23.1 Å². The number of hydrogen-bond acceptors (Lipinski definition) is 4. The maximum absolute atomic E-state index is 13.4. The number of imide groups is 1. The molecule has 7 nitrogen and oxygen atoms in total. The Hall–Kier alpha value is -3.74. The van der Waals surface area contributed by atoms with Crippen LogP contribution in [0.4, 0.5) is 0 Å². The van der Waals surface area contributed by atoms with E-state index in [1.807, 2.05) is 44.2 Å². The Kier molecular flexibility index (Phi) is 5.42. The van der Waals surface area contributed by atoms with Crippen LogP contribution in [0.25, 0.3) is 17.0 Å². The molecule has 31 heavy (non-hydrogen) atoms. The number of carbonyl (C=O) groups is 2. The van der Waals surface area contributed by atoms with Crippen LogP contribution in [0.15, 0.2) is 54.9 Å². The number of unbranched alkanes of at least 4 members (excludes halogenated alkanes) is 1. The molecule has 7 heteroatoms. The number of benzene rings is 1. The summed E-state index contributed by atoms with van der Waals surface area (Å²) in [4.78, 5) is 27.9. The van der Waals surface area contributed by atoms with Gasteiger partial charge in [-0.3, -0.25) is 14.5 Å². The normalized spacial score (nSPS) is 14.1. The number of para-hydroxylation sites is 1. The smallest absolute Gasteiger partial charge is 0.326 e. The molecule has 0 unspecified atom stereocenters. The highest BCUT2D eigenvalue weighted by Crippen LogP contribution is 2.36. The summed E-state index contributed by atoms with van der Waals surface area (Å²) < 4.78 is 2.90. The molecule has 2 aromatic heterocycles. The molecule has 0 N–H and O–H groups in total. The molecule has 1 aliphatic rings. The summed E-state index contributed by atoms with van der Waals surface area (Å²) in [5.41, 5.74) is 2.51. The largest absolute Gasteiger partial charge is 0.858 e. The standard InChI is InChI=1S/C24H24N4O3/c1-4-5-13-27-22(29)20(21(24(27)31)26-14-11-16(2)12-15-26)19-17(3)25-28(23(19)30)18-9-7-6-8-10-18/h6-12,14-15H,4-5,13H2,1-3H3. The first kappa shape index (κ1) is 20.5. The van der Waals surface area contributed by atoms with Gasteiger partial charge in [-0.15, -0.1) is 0 Å². The van der Waals surface area contributed by atoms with Gasteiger partial charge in [-0.25, -0.2) is 4.68 Å². The summed E-state index contributed by atoms with van der Waals surface area (Å²) in [6.45, 7) is 5.94. The number of hydrogen-bond donors (Lipinski definition) is 0. The molecule has 158 valence electrons. The lowest BCUT2D eigenvalue weighted by molar-refractivity contribution is -0.577. The monoisotopic (exact) mass is 416 g/mol. The minimum Gasteiger partial charge on any atom is -0.858 e. The van der Waals surface area contributed by atoms with Crippen molar-refractivity contribution in [1.82, 2.24) is 14.7 Å². The maximum Gasteiger partial charge on any atom is 0.326 e. The van der Waals surface area contributed by atoms with E-state index in [-0.39, 0.29) is 16.8 Å². The van der Waals surface area contributed by atoms with Crippen molar-refractivity contribution in [2.75, 3.05) is 6.54 Å². The first-order valence-electron chi connectivity index (χ1n) is 10.3. The SMILES string of the molecule is CCCCN1C(=O)C(c2c(C)nn(-c3ccccc3)c2[O-])=C([n+]2ccc(C)cc2)C1=O. The van der Waals surface area contributed by atoms with Crippen LogP contribution in [0.1, 0.15) is 36.6 Å². The Balaban J connectivity index is 1.92. The number of pyridine rings is 1. The fourth-order valence-corrected chi connectivity index (χ4v) is 3.74. The lowest BCUT2D eigenvalue weighted by atomic mass is 10.0. The van der Waals surface area contributed by atoms with Gasteiger partial charge in [-0.1, -0.05) is 31.5 Å². The second-order valence-corrected chi connectivity index (χ2v) is 7.63. The van der Waals surface area contributed by atoms with E-state index in [2.05, 4.69) is 5.10 Å². The van der Waals surface area contributed by atoms with Crippen molar-refractivity contribution in [1.29, 1.82) is 0 Å². The lowest BCUT2D eigenvalue weighted by Crippen LogP contribution is -2.39. The fourth-order valence-electron chi connectivity index (χ4n) is 3.74. The van der Waals surface area contributed by atoms with E-state index < -0.39 is 17.7 Å². The van der Waals surface area contributed by atoms with Gasteiger partial charge in [-0.05, 0) is 43.8 Å². The third kappa shape index (κ3) is 3.52. The fraction of sp³-hybridized carbons (Fsp3) is 0.250. The third-order valence-electron chi connectivity index (χ3n) is 5.40. The van der Waals surface area contributed by atoms with Crippen molar-refractivity contribution < 1.29 is 19.3 Å².